The first kappa shape index (κ1) is 14.9. The zero-order chi connectivity index (χ0) is 12.6. The van der Waals surface area contributed by atoms with E-state index in [1.807, 2.05) is 13.8 Å². The van der Waals surface area contributed by atoms with Crippen LogP contribution in [0.3, 0.4) is 0 Å². The van der Waals surface area contributed by atoms with Crippen LogP contribution in [-0.4, -0.2) is 49.6 Å². The molecule has 0 aliphatic heterocycles. The highest BCUT2D eigenvalue weighted by molar-refractivity contribution is 5.78. The summed E-state index contributed by atoms with van der Waals surface area (Å²) in [5.74, 6) is -0.0522. The van der Waals surface area contributed by atoms with E-state index in [1.165, 1.54) is 6.92 Å². The van der Waals surface area contributed by atoms with Gasteiger partial charge in [-0.25, -0.2) is 0 Å². The molecule has 5 nitrogen and oxygen atoms in total. The van der Waals surface area contributed by atoms with Gasteiger partial charge >= 0.3 is 0 Å². The van der Waals surface area contributed by atoms with Crippen molar-refractivity contribution >= 4 is 11.8 Å². The van der Waals surface area contributed by atoms with E-state index >= 15 is 0 Å². The number of hydrogen-bond acceptors (Lipinski definition) is 3. The first-order valence-electron chi connectivity index (χ1n) is 5.52. The minimum absolute atomic E-state index is 0.000286. The summed E-state index contributed by atoms with van der Waals surface area (Å²) in [5, 5.41) is 2.71. The lowest BCUT2D eigenvalue weighted by atomic mass is 10.2. The molecule has 1 N–H and O–H groups in total. The van der Waals surface area contributed by atoms with E-state index in [1.54, 1.807) is 12.0 Å². The third-order valence-corrected chi connectivity index (χ3v) is 2.24. The van der Waals surface area contributed by atoms with Crippen LogP contribution in [0.4, 0.5) is 0 Å². The molecule has 0 spiro atoms. The van der Waals surface area contributed by atoms with Crippen LogP contribution >= 0.6 is 0 Å². The third-order valence-electron chi connectivity index (χ3n) is 2.24. The number of ether oxygens (including phenoxy) is 1. The molecule has 0 unspecified atom stereocenters. The van der Waals surface area contributed by atoms with Crippen molar-refractivity contribution < 1.29 is 14.3 Å². The number of nitrogens with zero attached hydrogens (tertiary/aromatic N) is 1. The van der Waals surface area contributed by atoms with Crippen molar-refractivity contribution in [3.8, 4) is 0 Å². The van der Waals surface area contributed by atoms with E-state index in [9.17, 15) is 9.59 Å². The Morgan fingerprint density at radius 3 is 2.44 bits per heavy atom. The zero-order valence-electron chi connectivity index (χ0n) is 10.6. The molecule has 0 aliphatic rings. The van der Waals surface area contributed by atoms with Crippen molar-refractivity contribution in [1.29, 1.82) is 0 Å². The number of nitrogens with one attached hydrogen (secondary N) is 1. The second kappa shape index (κ2) is 8.10. The van der Waals surface area contributed by atoms with Crippen LogP contribution in [-0.2, 0) is 14.3 Å². The van der Waals surface area contributed by atoms with Gasteiger partial charge in [0.2, 0.25) is 11.8 Å². The molecule has 0 heterocycles. The maximum Gasteiger partial charge on any atom is 0.221 e. The Hall–Kier alpha value is -1.10. The summed E-state index contributed by atoms with van der Waals surface area (Å²) in [5.41, 5.74) is 0. The summed E-state index contributed by atoms with van der Waals surface area (Å²) in [7, 11) is 1.59. The molecule has 94 valence electrons. The van der Waals surface area contributed by atoms with Crippen molar-refractivity contribution in [2.75, 3.05) is 26.8 Å². The molecule has 0 aromatic carbocycles. The Balaban J connectivity index is 3.83. The van der Waals surface area contributed by atoms with Crippen LogP contribution in [0.2, 0.25) is 0 Å². The van der Waals surface area contributed by atoms with Crippen LogP contribution in [0, 0.1) is 0 Å². The van der Waals surface area contributed by atoms with Gasteiger partial charge in [0.05, 0.1) is 6.61 Å². The molecule has 0 bridgehead atoms. The molecule has 16 heavy (non-hydrogen) atoms. The highest BCUT2D eigenvalue weighted by atomic mass is 16.5. The van der Waals surface area contributed by atoms with Crippen LogP contribution in [0.25, 0.3) is 0 Å². The fraction of sp³-hybridized carbons (Fsp3) is 0.818. The number of methoxy groups -OCH3 is 1. The number of carbonyl (C=O) groups is 2. The monoisotopic (exact) mass is 230 g/mol. The van der Waals surface area contributed by atoms with E-state index in [4.69, 9.17) is 4.74 Å². The van der Waals surface area contributed by atoms with Gasteiger partial charge in [-0.15, -0.1) is 0 Å². The minimum atomic E-state index is -0.0519. The van der Waals surface area contributed by atoms with E-state index in [0.717, 1.165) is 0 Å². The summed E-state index contributed by atoms with van der Waals surface area (Å²) in [6.07, 6.45) is 0.335. The minimum Gasteiger partial charge on any atom is -0.383 e. The van der Waals surface area contributed by atoms with Crippen molar-refractivity contribution in [3.05, 3.63) is 0 Å². The quantitative estimate of drug-likeness (QED) is 0.644. The molecule has 0 saturated carbocycles. The first-order valence-corrected chi connectivity index (χ1v) is 5.52. The highest BCUT2D eigenvalue weighted by Gasteiger charge is 2.13. The predicted molar refractivity (Wildman–Crippen MR) is 62.0 cm³/mol. The fourth-order valence-electron chi connectivity index (χ4n) is 1.38. The Kier molecular flexibility index (Phi) is 7.54. The molecular weight excluding hydrogens is 208 g/mol. The molecule has 0 aromatic rings. The van der Waals surface area contributed by atoms with Gasteiger partial charge in [0, 0.05) is 39.6 Å². The SMILES string of the molecule is COCCNC(=O)CCN(C(C)=O)C(C)C. The van der Waals surface area contributed by atoms with Gasteiger partial charge in [0.15, 0.2) is 0 Å². The second-order valence-electron chi connectivity index (χ2n) is 3.90. The van der Waals surface area contributed by atoms with Gasteiger partial charge in [0.1, 0.15) is 0 Å². The second-order valence-corrected chi connectivity index (χ2v) is 3.90. The molecule has 0 fully saturated rings. The summed E-state index contributed by atoms with van der Waals surface area (Å²) < 4.78 is 4.82. The van der Waals surface area contributed by atoms with Gasteiger partial charge < -0.3 is 15.0 Å². The molecular formula is C11H22N2O3. The topological polar surface area (TPSA) is 58.6 Å². The highest BCUT2D eigenvalue weighted by Crippen LogP contribution is 2.00. The summed E-state index contributed by atoms with van der Waals surface area (Å²) in [6, 6.07) is 0.129. The predicted octanol–water partition coefficient (Wildman–Crippen LogP) is 0.396. The van der Waals surface area contributed by atoms with E-state index in [0.29, 0.717) is 26.1 Å². The molecule has 5 heteroatoms. The molecule has 0 aliphatic carbocycles. The number of rotatable bonds is 7. The molecule has 0 atom stereocenters. The maximum atomic E-state index is 11.4. The van der Waals surface area contributed by atoms with Crippen LogP contribution in [0.1, 0.15) is 27.2 Å². The lowest BCUT2D eigenvalue weighted by molar-refractivity contribution is -0.131. The Morgan fingerprint density at radius 2 is 2.00 bits per heavy atom. The van der Waals surface area contributed by atoms with Crippen LogP contribution in [0.15, 0.2) is 0 Å². The van der Waals surface area contributed by atoms with Crippen molar-refractivity contribution in [2.45, 2.75) is 33.2 Å². The largest absolute Gasteiger partial charge is 0.383 e. The van der Waals surface area contributed by atoms with Crippen molar-refractivity contribution in [1.82, 2.24) is 10.2 Å². The van der Waals surface area contributed by atoms with Gasteiger partial charge in [-0.2, -0.15) is 0 Å². The van der Waals surface area contributed by atoms with Crippen LogP contribution < -0.4 is 5.32 Å². The lowest BCUT2D eigenvalue weighted by Crippen LogP contribution is -2.38. The Morgan fingerprint density at radius 1 is 1.38 bits per heavy atom. The van der Waals surface area contributed by atoms with Gasteiger partial charge in [-0.05, 0) is 13.8 Å². The third kappa shape index (κ3) is 6.40. The smallest absolute Gasteiger partial charge is 0.221 e. The fourth-order valence-corrected chi connectivity index (χ4v) is 1.38. The molecule has 0 rings (SSSR count). The molecule has 2 amide bonds. The average molecular weight is 230 g/mol. The lowest BCUT2D eigenvalue weighted by Gasteiger charge is -2.24. The van der Waals surface area contributed by atoms with Crippen LogP contribution in [0.5, 0.6) is 0 Å². The summed E-state index contributed by atoms with van der Waals surface area (Å²) in [4.78, 5) is 24.3. The maximum absolute atomic E-state index is 11.4. The zero-order valence-corrected chi connectivity index (χ0v) is 10.6. The van der Waals surface area contributed by atoms with Crippen molar-refractivity contribution in [2.24, 2.45) is 0 Å². The standard InChI is InChI=1S/C11H22N2O3/c1-9(2)13(10(3)14)7-5-11(15)12-6-8-16-4/h9H,5-8H2,1-4H3,(H,12,15). The number of carbonyl (C=O) groups excluding carboxylic acids is 2. The number of hydrogen-bond donors (Lipinski definition) is 1. The summed E-state index contributed by atoms with van der Waals surface area (Å²) in [6.45, 7) is 6.87. The normalized spacial score (nSPS) is 10.3. The average Bonchev–Trinajstić information content (AvgIpc) is 2.17. The molecule has 0 aromatic heterocycles. The van der Waals surface area contributed by atoms with Gasteiger partial charge in [-0.1, -0.05) is 0 Å². The Bertz CT molecular complexity index is 229. The first-order chi connectivity index (χ1) is 7.49. The van der Waals surface area contributed by atoms with Crippen molar-refractivity contribution in [3.63, 3.8) is 0 Å². The summed E-state index contributed by atoms with van der Waals surface area (Å²) >= 11 is 0. The van der Waals surface area contributed by atoms with Gasteiger partial charge in [-0.3, -0.25) is 9.59 Å². The Labute approximate surface area is 97.1 Å². The molecule has 0 saturated heterocycles. The van der Waals surface area contributed by atoms with Gasteiger partial charge in [0.25, 0.3) is 0 Å². The van der Waals surface area contributed by atoms with E-state index in [-0.39, 0.29) is 17.9 Å². The number of amides is 2. The van der Waals surface area contributed by atoms with E-state index in [2.05, 4.69) is 5.32 Å². The van der Waals surface area contributed by atoms with E-state index < -0.39 is 0 Å². The molecule has 0 radical (unpaired) electrons.